The Balaban J connectivity index is 1.60. The number of fused-ring (bicyclic) bond motifs is 1. The number of nitrogens with one attached hydrogen (secondary N) is 1. The molecule has 1 aromatic carbocycles. The van der Waals surface area contributed by atoms with Crippen molar-refractivity contribution in [1.29, 1.82) is 0 Å². The quantitative estimate of drug-likeness (QED) is 0.890. The van der Waals surface area contributed by atoms with Gasteiger partial charge in [-0.05, 0) is 24.2 Å². The molecule has 100 valence electrons. The average Bonchev–Trinajstić information content (AvgIpc) is 3.02. The van der Waals surface area contributed by atoms with Gasteiger partial charge in [-0.1, -0.05) is 25.1 Å². The van der Waals surface area contributed by atoms with Crippen molar-refractivity contribution in [2.75, 3.05) is 6.54 Å². The van der Waals surface area contributed by atoms with Crippen molar-refractivity contribution in [2.45, 2.75) is 32.5 Å². The summed E-state index contributed by atoms with van der Waals surface area (Å²) in [7, 11) is 0. The van der Waals surface area contributed by atoms with Crippen LogP contribution in [-0.4, -0.2) is 22.4 Å². The highest BCUT2D eigenvalue weighted by atomic mass is 16.5. The number of aromatic nitrogens is 2. The van der Waals surface area contributed by atoms with Crippen LogP contribution in [-0.2, 0) is 19.5 Å². The van der Waals surface area contributed by atoms with Gasteiger partial charge in [-0.2, -0.15) is 5.10 Å². The van der Waals surface area contributed by atoms with E-state index in [0.29, 0.717) is 0 Å². The van der Waals surface area contributed by atoms with Crippen molar-refractivity contribution in [3.63, 3.8) is 0 Å². The Hall–Kier alpha value is -1.81. The highest BCUT2D eigenvalue weighted by molar-refractivity contribution is 5.37. The van der Waals surface area contributed by atoms with Crippen LogP contribution in [0.1, 0.15) is 18.2 Å². The van der Waals surface area contributed by atoms with Crippen LogP contribution >= 0.6 is 0 Å². The molecule has 0 saturated carbocycles. The number of hydrogen-bond donors (Lipinski definition) is 1. The predicted octanol–water partition coefficient (Wildman–Crippen LogP) is 2.00. The van der Waals surface area contributed by atoms with Gasteiger partial charge >= 0.3 is 0 Å². The Morgan fingerprint density at radius 2 is 2.26 bits per heavy atom. The Bertz CT molecular complexity index is 525. The fourth-order valence-corrected chi connectivity index (χ4v) is 2.42. The lowest BCUT2D eigenvalue weighted by Crippen LogP contribution is -2.21. The second-order valence-electron chi connectivity index (χ2n) is 4.86. The first-order valence-corrected chi connectivity index (χ1v) is 6.83. The number of benzene rings is 1. The molecule has 3 rings (SSSR count). The minimum Gasteiger partial charge on any atom is -0.488 e. The molecule has 1 aliphatic heterocycles. The Kier molecular flexibility index (Phi) is 3.51. The highest BCUT2D eigenvalue weighted by Gasteiger charge is 2.22. The van der Waals surface area contributed by atoms with Gasteiger partial charge in [-0.15, -0.1) is 0 Å². The molecule has 19 heavy (non-hydrogen) atoms. The number of rotatable bonds is 5. The van der Waals surface area contributed by atoms with Crippen molar-refractivity contribution < 1.29 is 4.74 Å². The number of nitrogens with zero attached hydrogens (tertiary/aromatic N) is 2. The van der Waals surface area contributed by atoms with Crippen LogP contribution in [0.25, 0.3) is 0 Å². The molecule has 1 aromatic heterocycles. The third-order valence-corrected chi connectivity index (χ3v) is 3.36. The van der Waals surface area contributed by atoms with E-state index in [0.717, 1.165) is 37.5 Å². The third kappa shape index (κ3) is 2.79. The molecule has 1 N–H and O–H groups in total. The van der Waals surface area contributed by atoms with Gasteiger partial charge in [0.2, 0.25) is 0 Å². The predicted molar refractivity (Wildman–Crippen MR) is 74.2 cm³/mol. The fraction of sp³-hybridized carbons (Fsp3) is 0.400. The molecular weight excluding hydrogens is 238 g/mol. The molecule has 0 aliphatic carbocycles. The summed E-state index contributed by atoms with van der Waals surface area (Å²) < 4.78 is 7.90. The molecule has 2 aromatic rings. The maximum absolute atomic E-state index is 5.92. The van der Waals surface area contributed by atoms with E-state index in [1.807, 2.05) is 23.0 Å². The van der Waals surface area contributed by atoms with E-state index in [1.54, 1.807) is 0 Å². The summed E-state index contributed by atoms with van der Waals surface area (Å²) in [5.74, 6) is 1.02. The average molecular weight is 257 g/mol. The molecule has 1 atom stereocenters. The van der Waals surface area contributed by atoms with Gasteiger partial charge in [-0.25, -0.2) is 0 Å². The van der Waals surface area contributed by atoms with Crippen LogP contribution in [0.3, 0.4) is 0 Å². The lowest BCUT2D eigenvalue weighted by Gasteiger charge is -2.10. The summed E-state index contributed by atoms with van der Waals surface area (Å²) in [6.45, 7) is 4.70. The molecule has 4 nitrogen and oxygen atoms in total. The number of hydrogen-bond acceptors (Lipinski definition) is 3. The molecule has 2 heterocycles. The van der Waals surface area contributed by atoms with Crippen LogP contribution in [0.15, 0.2) is 36.5 Å². The lowest BCUT2D eigenvalue weighted by molar-refractivity contribution is 0.203. The van der Waals surface area contributed by atoms with Crippen molar-refractivity contribution in [3.05, 3.63) is 47.8 Å². The SMILES string of the molecule is CCNCc1ccn(CC2Cc3ccccc3O2)n1. The van der Waals surface area contributed by atoms with Gasteiger partial charge in [0.15, 0.2) is 0 Å². The van der Waals surface area contributed by atoms with Crippen LogP contribution in [0.5, 0.6) is 5.75 Å². The zero-order valence-electron chi connectivity index (χ0n) is 11.2. The smallest absolute Gasteiger partial charge is 0.123 e. The maximum Gasteiger partial charge on any atom is 0.123 e. The minimum atomic E-state index is 0.198. The van der Waals surface area contributed by atoms with E-state index in [-0.39, 0.29) is 6.10 Å². The summed E-state index contributed by atoms with van der Waals surface area (Å²) in [6, 6.07) is 10.3. The second-order valence-corrected chi connectivity index (χ2v) is 4.86. The Labute approximate surface area is 113 Å². The third-order valence-electron chi connectivity index (χ3n) is 3.36. The number of ether oxygens (including phenoxy) is 1. The molecule has 0 fully saturated rings. The zero-order valence-corrected chi connectivity index (χ0v) is 11.2. The van der Waals surface area contributed by atoms with Crippen molar-refractivity contribution >= 4 is 0 Å². The maximum atomic E-state index is 5.92. The summed E-state index contributed by atoms with van der Waals surface area (Å²) in [6.07, 6.45) is 3.20. The Morgan fingerprint density at radius 1 is 1.37 bits per heavy atom. The van der Waals surface area contributed by atoms with E-state index in [9.17, 15) is 0 Å². The summed E-state index contributed by atoms with van der Waals surface area (Å²) >= 11 is 0. The van der Waals surface area contributed by atoms with E-state index in [1.165, 1.54) is 5.56 Å². The van der Waals surface area contributed by atoms with Crippen LogP contribution in [0.2, 0.25) is 0 Å². The van der Waals surface area contributed by atoms with Crippen LogP contribution in [0.4, 0.5) is 0 Å². The summed E-state index contributed by atoms with van der Waals surface area (Å²) in [5, 5.41) is 7.83. The van der Waals surface area contributed by atoms with E-state index in [2.05, 4.69) is 35.5 Å². The zero-order chi connectivity index (χ0) is 13.1. The molecule has 1 unspecified atom stereocenters. The molecule has 0 bridgehead atoms. The Morgan fingerprint density at radius 3 is 3.11 bits per heavy atom. The second kappa shape index (κ2) is 5.45. The normalized spacial score (nSPS) is 17.2. The topological polar surface area (TPSA) is 39.1 Å². The molecule has 4 heteroatoms. The highest BCUT2D eigenvalue weighted by Crippen LogP contribution is 2.28. The van der Waals surface area contributed by atoms with E-state index >= 15 is 0 Å². The molecule has 0 spiro atoms. The largest absolute Gasteiger partial charge is 0.488 e. The van der Waals surface area contributed by atoms with Gasteiger partial charge in [0.05, 0.1) is 12.2 Å². The molecule has 0 saturated heterocycles. The van der Waals surface area contributed by atoms with Gasteiger partial charge in [0, 0.05) is 19.2 Å². The first kappa shape index (κ1) is 12.2. The van der Waals surface area contributed by atoms with Gasteiger partial charge in [0.1, 0.15) is 11.9 Å². The standard InChI is InChI=1S/C15H19N3O/c1-2-16-10-13-7-8-18(17-13)11-14-9-12-5-3-4-6-15(12)19-14/h3-8,14,16H,2,9-11H2,1H3. The molecule has 1 aliphatic rings. The van der Waals surface area contributed by atoms with Crippen molar-refractivity contribution in [1.82, 2.24) is 15.1 Å². The van der Waals surface area contributed by atoms with Gasteiger partial charge in [-0.3, -0.25) is 4.68 Å². The van der Waals surface area contributed by atoms with Gasteiger partial charge in [0.25, 0.3) is 0 Å². The summed E-state index contributed by atoms with van der Waals surface area (Å²) in [5.41, 5.74) is 2.38. The van der Waals surface area contributed by atoms with Gasteiger partial charge < -0.3 is 10.1 Å². The molecule has 0 amide bonds. The van der Waals surface area contributed by atoms with Crippen molar-refractivity contribution in [3.8, 4) is 5.75 Å². The van der Waals surface area contributed by atoms with Crippen LogP contribution < -0.4 is 10.1 Å². The first-order chi connectivity index (χ1) is 9.35. The van der Waals surface area contributed by atoms with Crippen molar-refractivity contribution in [2.24, 2.45) is 0 Å². The lowest BCUT2D eigenvalue weighted by atomic mass is 10.1. The monoisotopic (exact) mass is 257 g/mol. The first-order valence-electron chi connectivity index (χ1n) is 6.83. The molecular formula is C15H19N3O. The molecule has 0 radical (unpaired) electrons. The fourth-order valence-electron chi connectivity index (χ4n) is 2.42. The van der Waals surface area contributed by atoms with Crippen LogP contribution in [0, 0.1) is 0 Å². The summed E-state index contributed by atoms with van der Waals surface area (Å²) in [4.78, 5) is 0. The van der Waals surface area contributed by atoms with E-state index in [4.69, 9.17) is 4.74 Å². The minimum absolute atomic E-state index is 0.198. The number of para-hydroxylation sites is 1. The van der Waals surface area contributed by atoms with E-state index < -0.39 is 0 Å².